The summed E-state index contributed by atoms with van der Waals surface area (Å²) in [6.45, 7) is 4.51. The molecule has 4 heteroatoms. The maximum Gasteiger partial charge on any atom is 0.123 e. The van der Waals surface area contributed by atoms with Crippen LogP contribution in [-0.4, -0.2) is 42.1 Å². The fraction of sp³-hybridized carbons (Fsp3) is 0.393. The second-order valence-corrected chi connectivity index (χ2v) is 9.18. The van der Waals surface area contributed by atoms with Crippen molar-refractivity contribution in [2.24, 2.45) is 0 Å². The van der Waals surface area contributed by atoms with Crippen LogP contribution in [0.5, 0.6) is 0 Å². The number of rotatable bonds is 7. The van der Waals surface area contributed by atoms with E-state index in [1.165, 1.54) is 41.6 Å². The van der Waals surface area contributed by atoms with E-state index in [0.29, 0.717) is 6.04 Å². The van der Waals surface area contributed by atoms with Gasteiger partial charge in [-0.2, -0.15) is 0 Å². The number of aromatic nitrogens is 1. The molecule has 3 aromatic rings. The molecule has 5 rings (SSSR count). The van der Waals surface area contributed by atoms with Crippen molar-refractivity contribution in [1.82, 2.24) is 9.88 Å². The maximum absolute atomic E-state index is 13.1. The SMILES string of the molecule is Fc1ccc(CCN2CCC(N3CCc4ccc(CCc5ccccn5)cc43)CC2)cc1. The summed E-state index contributed by atoms with van der Waals surface area (Å²) in [5.74, 6) is -0.152. The van der Waals surface area contributed by atoms with E-state index in [0.717, 1.165) is 51.1 Å². The summed E-state index contributed by atoms with van der Waals surface area (Å²) in [7, 11) is 0. The van der Waals surface area contributed by atoms with Gasteiger partial charge in [-0.1, -0.05) is 30.3 Å². The van der Waals surface area contributed by atoms with E-state index in [2.05, 4.69) is 45.1 Å². The van der Waals surface area contributed by atoms with Crippen LogP contribution in [0.4, 0.5) is 10.1 Å². The lowest BCUT2D eigenvalue weighted by Crippen LogP contribution is -2.45. The Balaban J connectivity index is 1.15. The minimum absolute atomic E-state index is 0.152. The molecule has 0 spiro atoms. The third kappa shape index (κ3) is 5.02. The van der Waals surface area contributed by atoms with E-state index in [1.807, 2.05) is 24.4 Å². The largest absolute Gasteiger partial charge is 0.368 e. The van der Waals surface area contributed by atoms with Crippen LogP contribution in [0, 0.1) is 5.82 Å². The summed E-state index contributed by atoms with van der Waals surface area (Å²) in [6.07, 6.45) is 8.53. The molecule has 0 amide bonds. The van der Waals surface area contributed by atoms with Crippen LogP contribution in [0.2, 0.25) is 0 Å². The van der Waals surface area contributed by atoms with Crippen LogP contribution in [0.1, 0.15) is 35.2 Å². The summed E-state index contributed by atoms with van der Waals surface area (Å²) in [5.41, 5.74) is 6.77. The fourth-order valence-corrected chi connectivity index (χ4v) is 5.20. The molecule has 0 bridgehead atoms. The molecular weight excluding hydrogens is 397 g/mol. The first-order valence-electron chi connectivity index (χ1n) is 12.0. The van der Waals surface area contributed by atoms with Crippen molar-refractivity contribution >= 4 is 5.69 Å². The van der Waals surface area contributed by atoms with Crippen molar-refractivity contribution in [1.29, 1.82) is 0 Å². The summed E-state index contributed by atoms with van der Waals surface area (Å²) >= 11 is 0. The number of hydrogen-bond donors (Lipinski definition) is 0. The van der Waals surface area contributed by atoms with E-state index in [-0.39, 0.29) is 5.82 Å². The topological polar surface area (TPSA) is 19.4 Å². The molecule has 3 heterocycles. The molecule has 166 valence electrons. The van der Waals surface area contributed by atoms with Crippen LogP contribution in [0.15, 0.2) is 66.9 Å². The molecule has 32 heavy (non-hydrogen) atoms. The summed E-state index contributed by atoms with van der Waals surface area (Å²) in [5, 5.41) is 0. The van der Waals surface area contributed by atoms with Gasteiger partial charge < -0.3 is 9.80 Å². The van der Waals surface area contributed by atoms with E-state index >= 15 is 0 Å². The molecule has 0 atom stereocenters. The quantitative estimate of drug-likeness (QED) is 0.522. The molecule has 3 nitrogen and oxygen atoms in total. The molecule has 2 aliphatic rings. The van der Waals surface area contributed by atoms with Crippen LogP contribution in [-0.2, 0) is 25.7 Å². The Bertz CT molecular complexity index is 1010. The molecule has 0 radical (unpaired) electrons. The molecule has 0 N–H and O–H groups in total. The lowest BCUT2D eigenvalue weighted by Gasteiger charge is -2.38. The fourth-order valence-electron chi connectivity index (χ4n) is 5.20. The Kier molecular flexibility index (Phi) is 6.49. The number of halogens is 1. The highest BCUT2D eigenvalue weighted by Crippen LogP contribution is 2.33. The average Bonchev–Trinajstić information content (AvgIpc) is 3.27. The maximum atomic E-state index is 13.1. The second-order valence-electron chi connectivity index (χ2n) is 9.18. The second kappa shape index (κ2) is 9.83. The smallest absolute Gasteiger partial charge is 0.123 e. The highest BCUT2D eigenvalue weighted by atomic mass is 19.1. The van der Waals surface area contributed by atoms with E-state index in [4.69, 9.17) is 0 Å². The lowest BCUT2D eigenvalue weighted by molar-refractivity contribution is 0.212. The Labute approximate surface area is 190 Å². The molecule has 1 fully saturated rings. The first-order valence-corrected chi connectivity index (χ1v) is 12.0. The molecule has 0 unspecified atom stereocenters. The number of likely N-dealkylation sites (tertiary alicyclic amines) is 1. The van der Waals surface area contributed by atoms with Gasteiger partial charge in [0, 0.05) is 49.8 Å². The summed E-state index contributed by atoms with van der Waals surface area (Å²) in [6, 6.07) is 20.9. The number of piperidine rings is 1. The van der Waals surface area contributed by atoms with Gasteiger partial charge in [-0.25, -0.2) is 4.39 Å². The van der Waals surface area contributed by atoms with Crippen LogP contribution >= 0.6 is 0 Å². The van der Waals surface area contributed by atoms with Crippen molar-refractivity contribution in [3.8, 4) is 0 Å². The van der Waals surface area contributed by atoms with Gasteiger partial charge in [0.05, 0.1) is 0 Å². The van der Waals surface area contributed by atoms with Crippen LogP contribution in [0.3, 0.4) is 0 Å². The molecule has 2 aliphatic heterocycles. The van der Waals surface area contributed by atoms with E-state index in [1.54, 1.807) is 12.1 Å². The zero-order valence-electron chi connectivity index (χ0n) is 18.7. The summed E-state index contributed by atoms with van der Waals surface area (Å²) in [4.78, 5) is 9.72. The van der Waals surface area contributed by atoms with Crippen LogP contribution in [0.25, 0.3) is 0 Å². The van der Waals surface area contributed by atoms with Crippen molar-refractivity contribution < 1.29 is 4.39 Å². The number of pyridine rings is 1. The minimum Gasteiger partial charge on any atom is -0.368 e. The van der Waals surface area contributed by atoms with Crippen molar-refractivity contribution in [3.63, 3.8) is 0 Å². The summed E-state index contributed by atoms with van der Waals surface area (Å²) < 4.78 is 13.1. The number of fused-ring (bicyclic) bond motifs is 1. The number of aryl methyl sites for hydroxylation is 2. The molecule has 0 aliphatic carbocycles. The van der Waals surface area contributed by atoms with Gasteiger partial charge in [0.1, 0.15) is 5.82 Å². The van der Waals surface area contributed by atoms with Gasteiger partial charge in [0.25, 0.3) is 0 Å². The van der Waals surface area contributed by atoms with E-state index < -0.39 is 0 Å². The lowest BCUT2D eigenvalue weighted by atomic mass is 10.0. The molecular formula is C28H32FN3. The van der Waals surface area contributed by atoms with Gasteiger partial charge in [0.2, 0.25) is 0 Å². The van der Waals surface area contributed by atoms with Gasteiger partial charge in [-0.15, -0.1) is 0 Å². The normalized spacial score (nSPS) is 17.0. The highest BCUT2D eigenvalue weighted by molar-refractivity contribution is 5.60. The zero-order chi connectivity index (χ0) is 21.8. The monoisotopic (exact) mass is 429 g/mol. The Morgan fingerprint density at radius 3 is 2.44 bits per heavy atom. The molecule has 1 saturated heterocycles. The predicted octanol–water partition coefficient (Wildman–Crippen LogP) is 5.08. The Hall–Kier alpha value is -2.72. The third-order valence-electron chi connectivity index (χ3n) is 7.10. The minimum atomic E-state index is -0.152. The highest BCUT2D eigenvalue weighted by Gasteiger charge is 2.29. The number of nitrogens with zero attached hydrogens (tertiary/aromatic N) is 3. The van der Waals surface area contributed by atoms with Gasteiger partial charge in [0.15, 0.2) is 0 Å². The molecule has 0 saturated carbocycles. The Morgan fingerprint density at radius 2 is 1.66 bits per heavy atom. The first kappa shape index (κ1) is 21.1. The third-order valence-corrected chi connectivity index (χ3v) is 7.10. The number of benzene rings is 2. The van der Waals surface area contributed by atoms with Gasteiger partial charge in [-0.3, -0.25) is 4.98 Å². The van der Waals surface area contributed by atoms with Crippen LogP contribution < -0.4 is 4.90 Å². The van der Waals surface area contributed by atoms with Crippen molar-refractivity contribution in [3.05, 3.63) is 95.1 Å². The molecule has 2 aromatic carbocycles. The average molecular weight is 430 g/mol. The Morgan fingerprint density at radius 1 is 0.844 bits per heavy atom. The molecule has 1 aromatic heterocycles. The number of hydrogen-bond acceptors (Lipinski definition) is 3. The standard InChI is InChI=1S/C28H32FN3/c29-25-9-5-22(6-10-25)12-17-31-18-14-27(15-19-31)32-20-13-24-8-4-23(21-28(24)32)7-11-26-3-1-2-16-30-26/h1-6,8-10,16,21,27H,7,11-15,17-20H2. The van der Waals surface area contributed by atoms with Gasteiger partial charge in [-0.05, 0) is 85.5 Å². The van der Waals surface area contributed by atoms with Crippen molar-refractivity contribution in [2.45, 2.75) is 44.6 Å². The number of anilines is 1. The van der Waals surface area contributed by atoms with Crippen molar-refractivity contribution in [2.75, 3.05) is 31.1 Å². The first-order chi connectivity index (χ1) is 15.7. The van der Waals surface area contributed by atoms with Gasteiger partial charge >= 0.3 is 0 Å². The van der Waals surface area contributed by atoms with E-state index in [9.17, 15) is 4.39 Å². The zero-order valence-corrected chi connectivity index (χ0v) is 18.7. The predicted molar refractivity (Wildman–Crippen MR) is 129 cm³/mol.